The molecule has 1 heterocycles. The van der Waals surface area contributed by atoms with Gasteiger partial charge in [0.2, 0.25) is 0 Å². The number of hydrogen-bond donors (Lipinski definition) is 2. The quantitative estimate of drug-likeness (QED) is 0.334. The molecule has 5 nitrogen and oxygen atoms in total. The van der Waals surface area contributed by atoms with Crippen LogP contribution < -0.4 is 0 Å². The van der Waals surface area contributed by atoms with E-state index in [9.17, 15) is 27.9 Å². The molecular weight excluding hydrogens is 439 g/mol. The fourth-order valence-corrected chi connectivity index (χ4v) is 5.20. The Balaban J connectivity index is 1.83. The molecule has 0 amide bonds. The number of carbonyl (C=O) groups excluding carboxylic acids is 1. The number of aromatic carboxylic acids is 1. The minimum atomic E-state index is -2.36. The Labute approximate surface area is 181 Å². The van der Waals surface area contributed by atoms with Gasteiger partial charge in [0, 0.05) is 29.9 Å². The predicted octanol–water partition coefficient (Wildman–Crippen LogP) is 5.47. The van der Waals surface area contributed by atoms with Crippen LogP contribution >= 0.6 is 23.1 Å². The third-order valence-electron chi connectivity index (χ3n) is 5.04. The fourth-order valence-electron chi connectivity index (χ4n) is 3.31. The van der Waals surface area contributed by atoms with Crippen molar-refractivity contribution in [2.75, 3.05) is 5.75 Å². The van der Waals surface area contributed by atoms with E-state index in [4.69, 9.17) is 5.11 Å². The summed E-state index contributed by atoms with van der Waals surface area (Å²) >= 11 is 2.67. The Bertz CT molecular complexity index is 819. The van der Waals surface area contributed by atoms with E-state index >= 15 is 0 Å². The molecule has 0 saturated heterocycles. The van der Waals surface area contributed by atoms with E-state index < -0.39 is 29.9 Å². The van der Waals surface area contributed by atoms with Crippen LogP contribution in [0.3, 0.4) is 0 Å². The SMILES string of the molecule is C[C@](O)(CC=C[C@H]1CCC(=O)[C@@H]1CCSc1nc(C(=O)O)cs1)CCC(F)=C(F)F. The summed E-state index contributed by atoms with van der Waals surface area (Å²) in [5.74, 6) is -1.90. The number of carboxylic acid groups (broad SMARTS) is 1. The van der Waals surface area contributed by atoms with Crippen LogP contribution in [0.15, 0.2) is 33.8 Å². The van der Waals surface area contributed by atoms with Crippen molar-refractivity contribution in [3.05, 3.63) is 35.1 Å². The van der Waals surface area contributed by atoms with Crippen LogP contribution in [0, 0.1) is 11.8 Å². The monoisotopic (exact) mass is 463 g/mol. The van der Waals surface area contributed by atoms with Crippen molar-refractivity contribution < 1.29 is 33.0 Å². The van der Waals surface area contributed by atoms with Crippen molar-refractivity contribution >= 4 is 34.9 Å². The Morgan fingerprint density at radius 2 is 2.17 bits per heavy atom. The van der Waals surface area contributed by atoms with E-state index in [1.54, 1.807) is 6.08 Å². The number of allylic oxidation sites excluding steroid dienone is 2. The molecule has 0 spiro atoms. The predicted molar refractivity (Wildman–Crippen MR) is 110 cm³/mol. The van der Waals surface area contributed by atoms with Crippen LogP contribution in [0.5, 0.6) is 0 Å². The zero-order chi connectivity index (χ0) is 22.3. The highest BCUT2D eigenvalue weighted by molar-refractivity contribution is 8.01. The lowest BCUT2D eigenvalue weighted by Gasteiger charge is -2.21. The zero-order valence-corrected chi connectivity index (χ0v) is 18.1. The fraction of sp³-hybridized carbons (Fsp3) is 0.550. The molecule has 2 N–H and O–H groups in total. The standard InChI is InChI=1S/C20H24F3NO4S2/c1-20(28,9-6-14(21)17(22)23)8-2-3-12-4-5-16(25)13(12)7-10-29-19-24-15(11-30-19)18(26)27/h2-3,11-13,28H,4-10H2,1H3,(H,26,27)/t12-,13+,20-/m0/s1. The molecule has 3 atom stereocenters. The third kappa shape index (κ3) is 7.55. The molecule has 1 aliphatic rings. The van der Waals surface area contributed by atoms with Gasteiger partial charge in [-0.1, -0.05) is 23.9 Å². The van der Waals surface area contributed by atoms with Crippen LogP contribution in [0.4, 0.5) is 13.2 Å². The van der Waals surface area contributed by atoms with E-state index in [2.05, 4.69) is 4.98 Å². The summed E-state index contributed by atoms with van der Waals surface area (Å²) in [5, 5.41) is 20.6. The Morgan fingerprint density at radius 3 is 2.80 bits per heavy atom. The van der Waals surface area contributed by atoms with E-state index in [0.717, 1.165) is 0 Å². The summed E-state index contributed by atoms with van der Waals surface area (Å²) in [6.45, 7) is 1.47. The highest BCUT2D eigenvalue weighted by atomic mass is 32.2. The van der Waals surface area contributed by atoms with Crippen molar-refractivity contribution in [1.82, 2.24) is 4.98 Å². The summed E-state index contributed by atoms with van der Waals surface area (Å²) in [7, 11) is 0. The Morgan fingerprint density at radius 1 is 1.43 bits per heavy atom. The first-order valence-corrected chi connectivity index (χ1v) is 11.4. The second kappa shape index (κ2) is 11.1. The number of nitrogens with zero attached hydrogens (tertiary/aromatic N) is 1. The van der Waals surface area contributed by atoms with Gasteiger partial charge in [0.05, 0.1) is 5.60 Å². The van der Waals surface area contributed by atoms with Crippen LogP contribution in [-0.2, 0) is 4.79 Å². The number of aromatic nitrogens is 1. The van der Waals surface area contributed by atoms with Gasteiger partial charge in [0.15, 0.2) is 15.9 Å². The van der Waals surface area contributed by atoms with Gasteiger partial charge in [-0.25, -0.2) is 14.2 Å². The molecule has 166 valence electrons. The number of aliphatic hydroxyl groups is 1. The van der Waals surface area contributed by atoms with Crippen LogP contribution in [0.1, 0.15) is 55.9 Å². The number of Topliss-reactive ketones (excluding diaryl/α,β-unsaturated/α-hetero) is 1. The first kappa shape index (κ1) is 24.6. The summed E-state index contributed by atoms with van der Waals surface area (Å²) in [6, 6.07) is 0. The normalized spacial score (nSPS) is 21.2. The highest BCUT2D eigenvalue weighted by Crippen LogP contribution is 2.35. The van der Waals surface area contributed by atoms with Gasteiger partial charge in [-0.3, -0.25) is 4.79 Å². The summed E-state index contributed by atoms with van der Waals surface area (Å²) < 4.78 is 37.8. The molecule has 1 aliphatic carbocycles. The number of thiazole rings is 1. The molecule has 1 fully saturated rings. The summed E-state index contributed by atoms with van der Waals surface area (Å²) in [5.41, 5.74) is -1.30. The smallest absolute Gasteiger partial charge is 0.355 e. The maximum Gasteiger partial charge on any atom is 0.355 e. The van der Waals surface area contributed by atoms with E-state index in [1.165, 1.54) is 35.4 Å². The topological polar surface area (TPSA) is 87.5 Å². The number of ketones is 1. The van der Waals surface area contributed by atoms with Gasteiger partial charge in [-0.05, 0) is 38.5 Å². The molecule has 0 aromatic carbocycles. The molecule has 0 unspecified atom stereocenters. The molecule has 2 rings (SSSR count). The largest absolute Gasteiger partial charge is 0.476 e. The number of rotatable bonds is 11. The van der Waals surface area contributed by atoms with Gasteiger partial charge in [0.25, 0.3) is 0 Å². The number of carboxylic acids is 1. The highest BCUT2D eigenvalue weighted by Gasteiger charge is 2.32. The van der Waals surface area contributed by atoms with Crippen LogP contribution in [0.2, 0.25) is 0 Å². The van der Waals surface area contributed by atoms with Crippen molar-refractivity contribution in [2.24, 2.45) is 11.8 Å². The summed E-state index contributed by atoms with van der Waals surface area (Å²) in [6.07, 6.45) is 2.59. The van der Waals surface area contributed by atoms with Gasteiger partial charge in [-0.15, -0.1) is 11.3 Å². The first-order valence-electron chi connectivity index (χ1n) is 9.52. The molecular formula is C20H24F3NO4S2. The number of carbonyl (C=O) groups is 2. The van der Waals surface area contributed by atoms with Crippen molar-refractivity contribution in [3.8, 4) is 0 Å². The molecule has 1 aromatic heterocycles. The molecule has 1 aromatic rings. The molecule has 0 bridgehead atoms. The third-order valence-corrected chi connectivity index (χ3v) is 7.09. The van der Waals surface area contributed by atoms with Gasteiger partial charge < -0.3 is 10.2 Å². The summed E-state index contributed by atoms with van der Waals surface area (Å²) in [4.78, 5) is 27.1. The maximum absolute atomic E-state index is 12.9. The molecule has 0 radical (unpaired) electrons. The van der Waals surface area contributed by atoms with Crippen LogP contribution in [0.25, 0.3) is 0 Å². The van der Waals surface area contributed by atoms with Gasteiger partial charge in [0.1, 0.15) is 5.78 Å². The second-order valence-electron chi connectivity index (χ2n) is 7.51. The first-order chi connectivity index (χ1) is 14.1. The lowest BCUT2D eigenvalue weighted by atomic mass is 9.90. The minimum Gasteiger partial charge on any atom is -0.476 e. The lowest BCUT2D eigenvalue weighted by Crippen LogP contribution is -2.23. The van der Waals surface area contributed by atoms with E-state index in [0.29, 0.717) is 29.4 Å². The Hall–Kier alpha value is -1.65. The van der Waals surface area contributed by atoms with E-state index in [-0.39, 0.29) is 36.2 Å². The zero-order valence-electron chi connectivity index (χ0n) is 16.4. The van der Waals surface area contributed by atoms with Gasteiger partial charge in [-0.2, -0.15) is 8.78 Å². The van der Waals surface area contributed by atoms with Crippen molar-refractivity contribution in [3.63, 3.8) is 0 Å². The van der Waals surface area contributed by atoms with E-state index in [1.807, 2.05) is 6.08 Å². The number of halogens is 3. The average Bonchev–Trinajstić information content (AvgIpc) is 3.28. The van der Waals surface area contributed by atoms with Crippen LogP contribution in [-0.4, -0.2) is 38.3 Å². The molecule has 30 heavy (non-hydrogen) atoms. The van der Waals surface area contributed by atoms with Crippen molar-refractivity contribution in [1.29, 1.82) is 0 Å². The second-order valence-corrected chi connectivity index (χ2v) is 9.71. The lowest BCUT2D eigenvalue weighted by molar-refractivity contribution is -0.121. The molecule has 0 aliphatic heterocycles. The molecule has 10 heteroatoms. The Kier molecular flexibility index (Phi) is 9.11. The number of hydrogen-bond acceptors (Lipinski definition) is 6. The number of thioether (sulfide) groups is 1. The maximum atomic E-state index is 12.9. The van der Waals surface area contributed by atoms with Gasteiger partial charge >= 0.3 is 12.0 Å². The minimum absolute atomic E-state index is 0.0110. The average molecular weight is 464 g/mol. The molecule has 1 saturated carbocycles. The van der Waals surface area contributed by atoms with Crippen molar-refractivity contribution in [2.45, 2.75) is 55.4 Å².